The molecule has 0 radical (unpaired) electrons. The first-order chi connectivity index (χ1) is 16.5. The molecule has 2 amide bonds. The summed E-state index contributed by atoms with van der Waals surface area (Å²) in [5.41, 5.74) is 5.35. The van der Waals surface area contributed by atoms with Crippen molar-refractivity contribution in [2.24, 2.45) is 5.10 Å². The molecule has 0 fully saturated rings. The fraction of sp³-hybridized carbons (Fsp3) is 0.192. The number of hydrogen-bond acceptors (Lipinski definition) is 6. The van der Waals surface area contributed by atoms with Crippen molar-refractivity contribution >= 4 is 23.7 Å². The van der Waals surface area contributed by atoms with E-state index in [0.717, 1.165) is 5.56 Å². The Kier molecular flexibility index (Phi) is 8.62. The van der Waals surface area contributed by atoms with Gasteiger partial charge in [0.2, 0.25) is 0 Å². The predicted molar refractivity (Wildman–Crippen MR) is 131 cm³/mol. The van der Waals surface area contributed by atoms with Crippen molar-refractivity contribution in [3.05, 3.63) is 83.4 Å². The van der Waals surface area contributed by atoms with E-state index in [2.05, 4.69) is 15.8 Å². The van der Waals surface area contributed by atoms with E-state index in [1.807, 2.05) is 38.1 Å². The van der Waals surface area contributed by atoms with E-state index in [0.29, 0.717) is 40.7 Å². The Morgan fingerprint density at radius 1 is 0.941 bits per heavy atom. The van der Waals surface area contributed by atoms with Gasteiger partial charge in [-0.3, -0.25) is 9.59 Å². The van der Waals surface area contributed by atoms with Gasteiger partial charge >= 0.3 is 0 Å². The second-order valence-electron chi connectivity index (χ2n) is 7.24. The zero-order valence-electron chi connectivity index (χ0n) is 19.3. The molecule has 3 rings (SSSR count). The average Bonchev–Trinajstić information content (AvgIpc) is 2.85. The minimum Gasteiger partial charge on any atom is -0.496 e. The first-order valence-electron chi connectivity index (χ1n) is 10.7. The maximum atomic E-state index is 12.3. The maximum absolute atomic E-state index is 12.3. The molecule has 2 N–H and O–H groups in total. The number of nitrogens with one attached hydrogen (secondary N) is 2. The highest BCUT2D eigenvalue weighted by atomic mass is 16.5. The topological polar surface area (TPSA) is 98.2 Å². The summed E-state index contributed by atoms with van der Waals surface area (Å²) in [7, 11) is 1.50. The third-order valence-electron chi connectivity index (χ3n) is 4.69. The number of para-hydroxylation sites is 1. The molecule has 0 spiro atoms. The van der Waals surface area contributed by atoms with E-state index in [4.69, 9.17) is 14.2 Å². The molecule has 3 aromatic carbocycles. The van der Waals surface area contributed by atoms with Crippen LogP contribution in [0, 0.1) is 6.92 Å². The standard InChI is InChI=1S/C26H27N3O5/c1-4-33-24-15-19(16-27-29-26(31)21-7-5-6-8-22(21)32-3)11-14-23(24)34-17-25(30)28-20-12-9-18(2)10-13-20/h5-16H,4,17H2,1-3H3,(H,28,30)(H,29,31)/b27-16-. The molecule has 3 aromatic rings. The van der Waals surface area contributed by atoms with Crippen LogP contribution >= 0.6 is 0 Å². The quantitative estimate of drug-likeness (QED) is 0.349. The van der Waals surface area contributed by atoms with Gasteiger partial charge in [0.25, 0.3) is 11.8 Å². The summed E-state index contributed by atoms with van der Waals surface area (Å²) in [5.74, 6) is 0.678. The van der Waals surface area contributed by atoms with E-state index in [9.17, 15) is 9.59 Å². The first kappa shape index (κ1) is 24.3. The largest absolute Gasteiger partial charge is 0.496 e. The van der Waals surface area contributed by atoms with Gasteiger partial charge in [-0.15, -0.1) is 0 Å². The molecule has 0 saturated heterocycles. The van der Waals surface area contributed by atoms with Gasteiger partial charge in [-0.2, -0.15) is 5.10 Å². The number of aryl methyl sites for hydroxylation is 1. The van der Waals surface area contributed by atoms with Crippen LogP contribution in [0.2, 0.25) is 0 Å². The number of nitrogens with zero attached hydrogens (tertiary/aromatic N) is 1. The number of carbonyl (C=O) groups is 2. The van der Waals surface area contributed by atoms with Crippen LogP contribution in [-0.2, 0) is 4.79 Å². The number of methoxy groups -OCH3 is 1. The lowest BCUT2D eigenvalue weighted by molar-refractivity contribution is -0.118. The van der Waals surface area contributed by atoms with Crippen molar-refractivity contribution in [1.82, 2.24) is 5.43 Å². The highest BCUT2D eigenvalue weighted by Gasteiger charge is 2.11. The molecular weight excluding hydrogens is 434 g/mol. The van der Waals surface area contributed by atoms with Gasteiger partial charge in [-0.1, -0.05) is 29.8 Å². The summed E-state index contributed by atoms with van der Waals surface area (Å²) in [6, 6.07) is 19.5. The van der Waals surface area contributed by atoms with Crippen molar-refractivity contribution in [2.45, 2.75) is 13.8 Å². The van der Waals surface area contributed by atoms with Crippen LogP contribution in [-0.4, -0.2) is 38.4 Å². The van der Waals surface area contributed by atoms with Crippen molar-refractivity contribution in [1.29, 1.82) is 0 Å². The molecule has 0 unspecified atom stereocenters. The molecule has 0 atom stereocenters. The molecule has 0 aliphatic rings. The van der Waals surface area contributed by atoms with Gasteiger partial charge in [0.05, 0.1) is 25.5 Å². The molecule has 0 bridgehead atoms. The SMILES string of the molecule is CCOc1cc(/C=N\NC(=O)c2ccccc2OC)ccc1OCC(=O)Nc1ccc(C)cc1. The number of ether oxygens (including phenoxy) is 3. The van der Waals surface area contributed by atoms with Gasteiger partial charge in [-0.25, -0.2) is 5.43 Å². The number of carbonyl (C=O) groups excluding carboxylic acids is 2. The number of hydrazone groups is 1. The summed E-state index contributed by atoms with van der Waals surface area (Å²) in [6.45, 7) is 4.07. The second-order valence-corrected chi connectivity index (χ2v) is 7.24. The smallest absolute Gasteiger partial charge is 0.275 e. The van der Waals surface area contributed by atoms with Crippen LogP contribution in [0.15, 0.2) is 71.8 Å². The summed E-state index contributed by atoms with van der Waals surface area (Å²) in [6.07, 6.45) is 1.49. The van der Waals surface area contributed by atoms with E-state index in [-0.39, 0.29) is 12.5 Å². The van der Waals surface area contributed by atoms with Crippen LogP contribution in [0.4, 0.5) is 5.69 Å². The molecular formula is C26H27N3O5. The normalized spacial score (nSPS) is 10.6. The summed E-state index contributed by atoms with van der Waals surface area (Å²) >= 11 is 0. The fourth-order valence-corrected chi connectivity index (χ4v) is 3.03. The highest BCUT2D eigenvalue weighted by molar-refractivity contribution is 5.97. The number of rotatable bonds is 10. The van der Waals surface area contributed by atoms with Gasteiger partial charge < -0.3 is 19.5 Å². The third-order valence-corrected chi connectivity index (χ3v) is 4.69. The van der Waals surface area contributed by atoms with E-state index in [1.165, 1.54) is 13.3 Å². The zero-order chi connectivity index (χ0) is 24.3. The first-order valence-corrected chi connectivity index (χ1v) is 10.7. The van der Waals surface area contributed by atoms with Crippen molar-refractivity contribution in [3.8, 4) is 17.2 Å². The van der Waals surface area contributed by atoms with E-state index < -0.39 is 5.91 Å². The van der Waals surface area contributed by atoms with Crippen LogP contribution < -0.4 is 25.0 Å². The number of amides is 2. The molecule has 176 valence electrons. The van der Waals surface area contributed by atoms with Crippen molar-refractivity contribution in [3.63, 3.8) is 0 Å². The molecule has 0 aromatic heterocycles. The minimum atomic E-state index is -0.390. The highest BCUT2D eigenvalue weighted by Crippen LogP contribution is 2.28. The fourth-order valence-electron chi connectivity index (χ4n) is 3.03. The number of anilines is 1. The molecule has 0 heterocycles. The Labute approximate surface area is 198 Å². The Morgan fingerprint density at radius 2 is 1.71 bits per heavy atom. The van der Waals surface area contributed by atoms with Crippen LogP contribution in [0.5, 0.6) is 17.2 Å². The molecule has 0 aliphatic heterocycles. The molecule has 8 nitrogen and oxygen atoms in total. The molecule has 0 aliphatic carbocycles. The van der Waals surface area contributed by atoms with Crippen molar-refractivity contribution in [2.75, 3.05) is 25.6 Å². The van der Waals surface area contributed by atoms with Crippen LogP contribution in [0.1, 0.15) is 28.4 Å². The molecule has 34 heavy (non-hydrogen) atoms. The monoisotopic (exact) mass is 461 g/mol. The minimum absolute atomic E-state index is 0.170. The molecule has 0 saturated carbocycles. The Balaban J connectivity index is 1.61. The second kappa shape index (κ2) is 12.1. The Morgan fingerprint density at radius 3 is 2.44 bits per heavy atom. The van der Waals surface area contributed by atoms with Gasteiger partial charge in [0.15, 0.2) is 18.1 Å². The number of benzene rings is 3. The zero-order valence-corrected chi connectivity index (χ0v) is 19.3. The van der Waals surface area contributed by atoms with E-state index >= 15 is 0 Å². The van der Waals surface area contributed by atoms with Crippen molar-refractivity contribution < 1.29 is 23.8 Å². The third kappa shape index (κ3) is 6.83. The summed E-state index contributed by atoms with van der Waals surface area (Å²) in [5, 5.41) is 6.80. The molecule has 8 heteroatoms. The Bertz CT molecular complexity index is 1160. The lowest BCUT2D eigenvalue weighted by atomic mass is 10.2. The Hall–Kier alpha value is -4.33. The lowest BCUT2D eigenvalue weighted by Crippen LogP contribution is -2.20. The average molecular weight is 462 g/mol. The van der Waals surface area contributed by atoms with E-state index in [1.54, 1.807) is 42.5 Å². The van der Waals surface area contributed by atoms with Gasteiger partial charge in [0.1, 0.15) is 5.75 Å². The van der Waals surface area contributed by atoms with Crippen LogP contribution in [0.25, 0.3) is 0 Å². The maximum Gasteiger partial charge on any atom is 0.275 e. The van der Waals surface area contributed by atoms with Gasteiger partial charge in [0, 0.05) is 5.69 Å². The number of hydrogen-bond donors (Lipinski definition) is 2. The predicted octanol–water partition coefficient (Wildman–Crippen LogP) is 4.18. The summed E-state index contributed by atoms with van der Waals surface area (Å²) < 4.78 is 16.5. The lowest BCUT2D eigenvalue weighted by Gasteiger charge is -2.13. The van der Waals surface area contributed by atoms with Gasteiger partial charge in [-0.05, 0) is 61.9 Å². The summed E-state index contributed by atoms with van der Waals surface area (Å²) in [4.78, 5) is 24.6. The van der Waals surface area contributed by atoms with Crippen LogP contribution in [0.3, 0.4) is 0 Å².